The number of hydrogen-bond acceptors (Lipinski definition) is 3. The third-order valence-electron chi connectivity index (χ3n) is 3.51. The Kier molecular flexibility index (Phi) is 6.40. The predicted molar refractivity (Wildman–Crippen MR) is 94.6 cm³/mol. The van der Waals surface area contributed by atoms with Crippen LogP contribution in [0.2, 0.25) is 0 Å². The van der Waals surface area contributed by atoms with Crippen molar-refractivity contribution < 1.29 is 0 Å². The maximum atomic E-state index is 4.43. The molecule has 0 aliphatic carbocycles. The molecular weight excluding hydrogens is 292 g/mol. The van der Waals surface area contributed by atoms with E-state index in [0.717, 1.165) is 31.9 Å². The van der Waals surface area contributed by atoms with Gasteiger partial charge in [-0.3, -0.25) is 4.99 Å². The lowest BCUT2D eigenvalue weighted by molar-refractivity contribution is 0.790. The molecule has 4 nitrogen and oxygen atoms in total. The molecule has 2 aromatic rings. The zero-order valence-electron chi connectivity index (χ0n) is 13.5. The van der Waals surface area contributed by atoms with E-state index in [1.807, 2.05) is 6.20 Å². The number of nitrogens with one attached hydrogen (secondary N) is 2. The molecule has 0 fully saturated rings. The van der Waals surface area contributed by atoms with E-state index >= 15 is 0 Å². The van der Waals surface area contributed by atoms with Crippen molar-refractivity contribution >= 4 is 17.3 Å². The lowest BCUT2D eigenvalue weighted by Crippen LogP contribution is -2.37. The van der Waals surface area contributed by atoms with Gasteiger partial charge in [0.2, 0.25) is 0 Å². The van der Waals surface area contributed by atoms with Gasteiger partial charge in [0.25, 0.3) is 0 Å². The minimum atomic E-state index is 0.781. The van der Waals surface area contributed by atoms with Gasteiger partial charge in [0, 0.05) is 37.6 Å². The van der Waals surface area contributed by atoms with Crippen molar-refractivity contribution in [1.82, 2.24) is 15.6 Å². The van der Waals surface area contributed by atoms with Crippen LogP contribution in [0.4, 0.5) is 0 Å². The van der Waals surface area contributed by atoms with Crippen LogP contribution in [0.25, 0.3) is 0 Å². The lowest BCUT2D eigenvalue weighted by Gasteiger charge is -2.12. The summed E-state index contributed by atoms with van der Waals surface area (Å²) in [5.74, 6) is 0.829. The summed E-state index contributed by atoms with van der Waals surface area (Å²) < 4.78 is 0. The minimum absolute atomic E-state index is 0.781. The molecule has 0 radical (unpaired) electrons. The first-order valence-corrected chi connectivity index (χ1v) is 8.47. The molecule has 1 heterocycles. The second-order valence-corrected chi connectivity index (χ2v) is 6.30. The summed E-state index contributed by atoms with van der Waals surface area (Å²) in [6.07, 6.45) is 3.96. The molecular formula is C17H24N4S. The molecule has 2 N–H and O–H groups in total. The molecule has 5 heteroatoms. The Bertz CT molecular complexity index is 619. The monoisotopic (exact) mass is 316 g/mol. The van der Waals surface area contributed by atoms with Crippen LogP contribution in [0.5, 0.6) is 0 Å². The highest BCUT2D eigenvalue weighted by Gasteiger charge is 2.03. The van der Waals surface area contributed by atoms with Crippen molar-refractivity contribution in [2.75, 3.05) is 13.6 Å². The molecule has 118 valence electrons. The minimum Gasteiger partial charge on any atom is -0.356 e. The van der Waals surface area contributed by atoms with Gasteiger partial charge < -0.3 is 10.6 Å². The largest absolute Gasteiger partial charge is 0.356 e. The molecule has 1 aromatic heterocycles. The standard InChI is InChI=1S/C17H24N4S/c1-4-15-12-20-16(22-15)9-10-19-17(18-3)21-11-14-8-6-5-7-13(14)2/h5-8,12H,4,9-11H2,1-3H3,(H2,18,19,21). The number of benzene rings is 1. The second-order valence-electron chi connectivity index (χ2n) is 5.10. The van der Waals surface area contributed by atoms with Crippen molar-refractivity contribution in [2.45, 2.75) is 33.2 Å². The molecule has 0 spiro atoms. The third kappa shape index (κ3) is 4.84. The zero-order chi connectivity index (χ0) is 15.8. The van der Waals surface area contributed by atoms with Crippen LogP contribution in [0.15, 0.2) is 35.5 Å². The quantitative estimate of drug-likeness (QED) is 0.636. The first-order valence-electron chi connectivity index (χ1n) is 7.65. The van der Waals surface area contributed by atoms with Crippen molar-refractivity contribution in [3.63, 3.8) is 0 Å². The fourth-order valence-corrected chi connectivity index (χ4v) is 2.98. The number of nitrogens with zero attached hydrogens (tertiary/aromatic N) is 2. The molecule has 1 aromatic carbocycles. The summed E-state index contributed by atoms with van der Waals surface area (Å²) in [4.78, 5) is 10.0. The van der Waals surface area contributed by atoms with Gasteiger partial charge >= 0.3 is 0 Å². The normalized spacial score (nSPS) is 11.5. The Morgan fingerprint density at radius 3 is 2.77 bits per heavy atom. The molecule has 22 heavy (non-hydrogen) atoms. The molecule has 2 rings (SSSR count). The smallest absolute Gasteiger partial charge is 0.191 e. The van der Waals surface area contributed by atoms with Crippen LogP contribution in [0.3, 0.4) is 0 Å². The van der Waals surface area contributed by atoms with Gasteiger partial charge in [0.1, 0.15) is 0 Å². The van der Waals surface area contributed by atoms with E-state index in [4.69, 9.17) is 0 Å². The van der Waals surface area contributed by atoms with Gasteiger partial charge in [-0.2, -0.15) is 0 Å². The van der Waals surface area contributed by atoms with Crippen LogP contribution in [0, 0.1) is 6.92 Å². The van der Waals surface area contributed by atoms with Gasteiger partial charge in [0.05, 0.1) is 5.01 Å². The summed E-state index contributed by atoms with van der Waals surface area (Å²) in [6.45, 7) is 5.90. The average molecular weight is 316 g/mol. The van der Waals surface area contributed by atoms with E-state index in [1.54, 1.807) is 18.4 Å². The molecule has 0 unspecified atom stereocenters. The Balaban J connectivity index is 1.77. The SMILES string of the molecule is CCc1cnc(CCNC(=NC)NCc2ccccc2C)s1. The molecule has 0 amide bonds. The maximum Gasteiger partial charge on any atom is 0.191 e. The number of rotatable bonds is 6. The molecule has 0 aliphatic rings. The van der Waals surface area contributed by atoms with Gasteiger partial charge in [-0.1, -0.05) is 31.2 Å². The zero-order valence-corrected chi connectivity index (χ0v) is 14.3. The Morgan fingerprint density at radius 1 is 1.27 bits per heavy atom. The molecule has 0 saturated heterocycles. The Labute approximate surface area is 136 Å². The van der Waals surface area contributed by atoms with E-state index in [0.29, 0.717) is 0 Å². The second kappa shape index (κ2) is 8.54. The summed E-state index contributed by atoms with van der Waals surface area (Å²) in [5, 5.41) is 7.87. The predicted octanol–water partition coefficient (Wildman–Crippen LogP) is 2.92. The van der Waals surface area contributed by atoms with Crippen molar-refractivity contribution in [3.05, 3.63) is 51.5 Å². The van der Waals surface area contributed by atoms with Crippen LogP contribution < -0.4 is 10.6 Å². The topological polar surface area (TPSA) is 49.3 Å². The number of aliphatic imine (C=N–C) groups is 1. The molecule has 0 bridgehead atoms. The van der Waals surface area contributed by atoms with E-state index < -0.39 is 0 Å². The molecule has 0 saturated carbocycles. The third-order valence-corrected chi connectivity index (χ3v) is 4.71. The average Bonchev–Trinajstić information content (AvgIpc) is 3.00. The lowest BCUT2D eigenvalue weighted by atomic mass is 10.1. The Hall–Kier alpha value is -1.88. The van der Waals surface area contributed by atoms with E-state index in [2.05, 4.69) is 58.7 Å². The van der Waals surface area contributed by atoms with Crippen LogP contribution in [-0.4, -0.2) is 24.5 Å². The number of thiazole rings is 1. The highest BCUT2D eigenvalue weighted by atomic mass is 32.1. The highest BCUT2D eigenvalue weighted by molar-refractivity contribution is 7.11. The van der Waals surface area contributed by atoms with Crippen LogP contribution in [-0.2, 0) is 19.4 Å². The first-order chi connectivity index (χ1) is 10.7. The van der Waals surface area contributed by atoms with Crippen molar-refractivity contribution in [2.24, 2.45) is 4.99 Å². The van der Waals surface area contributed by atoms with Crippen LogP contribution in [0.1, 0.15) is 27.9 Å². The van der Waals surface area contributed by atoms with Gasteiger partial charge in [0.15, 0.2) is 5.96 Å². The van der Waals surface area contributed by atoms with E-state index in [1.165, 1.54) is 21.0 Å². The fraction of sp³-hybridized carbons (Fsp3) is 0.412. The summed E-state index contributed by atoms with van der Waals surface area (Å²) in [5.41, 5.74) is 2.58. The van der Waals surface area contributed by atoms with Gasteiger partial charge in [-0.25, -0.2) is 4.98 Å². The number of aromatic nitrogens is 1. The first kappa shape index (κ1) is 16.5. The summed E-state index contributed by atoms with van der Waals surface area (Å²) in [6, 6.07) is 8.39. The Morgan fingerprint density at radius 2 is 2.09 bits per heavy atom. The van der Waals surface area contributed by atoms with Crippen molar-refractivity contribution in [1.29, 1.82) is 0 Å². The molecule has 0 atom stereocenters. The number of hydrogen-bond donors (Lipinski definition) is 2. The van der Waals surface area contributed by atoms with E-state index in [9.17, 15) is 0 Å². The number of guanidine groups is 1. The fourth-order valence-electron chi connectivity index (χ4n) is 2.12. The van der Waals surface area contributed by atoms with Gasteiger partial charge in [-0.15, -0.1) is 11.3 Å². The summed E-state index contributed by atoms with van der Waals surface area (Å²) >= 11 is 1.79. The van der Waals surface area contributed by atoms with E-state index in [-0.39, 0.29) is 0 Å². The van der Waals surface area contributed by atoms with Crippen molar-refractivity contribution in [3.8, 4) is 0 Å². The summed E-state index contributed by atoms with van der Waals surface area (Å²) in [7, 11) is 1.80. The maximum absolute atomic E-state index is 4.43. The number of aryl methyl sites for hydroxylation is 2. The highest BCUT2D eigenvalue weighted by Crippen LogP contribution is 2.13. The van der Waals surface area contributed by atoms with Crippen LogP contribution >= 0.6 is 11.3 Å². The molecule has 0 aliphatic heterocycles. The van der Waals surface area contributed by atoms with Gasteiger partial charge in [-0.05, 0) is 24.5 Å².